The Hall–Kier alpha value is -0.600. The lowest BCUT2D eigenvalue weighted by Crippen LogP contribution is -2.63. The normalized spacial score (nSPS) is 54.6. The third-order valence-corrected chi connectivity index (χ3v) is 9.97. The molecule has 3 heterocycles. The van der Waals surface area contributed by atoms with Crippen LogP contribution in [0.4, 0.5) is 0 Å². The highest BCUT2D eigenvalue weighted by Crippen LogP contribution is 2.43. The molecule has 0 aromatic heterocycles. The first-order valence-electron chi connectivity index (χ1n) is 15.3. The van der Waals surface area contributed by atoms with Gasteiger partial charge in [0, 0.05) is 13.0 Å². The molecule has 15 nitrogen and oxygen atoms in total. The van der Waals surface area contributed by atoms with Crippen molar-refractivity contribution in [3.8, 4) is 0 Å². The lowest BCUT2D eigenvalue weighted by Gasteiger charge is -2.51. The second-order valence-corrected chi connectivity index (χ2v) is 12.8. The van der Waals surface area contributed by atoms with Crippen LogP contribution in [0.15, 0.2) is 0 Å². The molecule has 43 heavy (non-hydrogen) atoms. The van der Waals surface area contributed by atoms with Crippen LogP contribution < -0.4 is 0 Å². The summed E-state index contributed by atoms with van der Waals surface area (Å²) in [6, 6.07) is 0. The Morgan fingerprint density at radius 3 is 2.07 bits per heavy atom. The summed E-state index contributed by atoms with van der Waals surface area (Å²) in [5.74, 6) is -0.485. The Bertz CT molecular complexity index is 898. The molecular formula is C28H48O15. The van der Waals surface area contributed by atoms with Gasteiger partial charge in [0.1, 0.15) is 42.7 Å². The predicted molar refractivity (Wildman–Crippen MR) is 142 cm³/mol. The molecule has 3 aliphatic heterocycles. The molecule has 5 aliphatic rings. The highest BCUT2D eigenvalue weighted by atomic mass is 16.7. The maximum Gasteiger partial charge on any atom is 0.187 e. The first-order valence-corrected chi connectivity index (χ1v) is 15.3. The molecule has 5 rings (SSSR count). The van der Waals surface area contributed by atoms with E-state index < -0.39 is 111 Å². The van der Waals surface area contributed by atoms with Crippen molar-refractivity contribution in [2.45, 2.75) is 150 Å². The van der Waals surface area contributed by atoms with Crippen LogP contribution in [0.2, 0.25) is 0 Å². The summed E-state index contributed by atoms with van der Waals surface area (Å²) in [7, 11) is 1.53. The van der Waals surface area contributed by atoms with Crippen LogP contribution in [-0.4, -0.2) is 164 Å². The van der Waals surface area contributed by atoms with Crippen LogP contribution >= 0.6 is 0 Å². The van der Waals surface area contributed by atoms with Crippen molar-refractivity contribution in [2.75, 3.05) is 13.7 Å². The van der Waals surface area contributed by atoms with Crippen LogP contribution in [0.3, 0.4) is 0 Å². The third kappa shape index (κ3) is 7.06. The van der Waals surface area contributed by atoms with Gasteiger partial charge >= 0.3 is 0 Å². The van der Waals surface area contributed by atoms with Crippen LogP contribution in [0.25, 0.3) is 0 Å². The third-order valence-electron chi connectivity index (χ3n) is 9.97. The molecular weight excluding hydrogens is 576 g/mol. The summed E-state index contributed by atoms with van der Waals surface area (Å²) in [4.78, 5) is 0. The molecule has 2 saturated carbocycles. The van der Waals surface area contributed by atoms with E-state index in [1.54, 1.807) is 0 Å². The molecule has 0 bridgehead atoms. The van der Waals surface area contributed by atoms with E-state index in [0.29, 0.717) is 32.1 Å². The molecule has 9 N–H and O–H groups in total. The van der Waals surface area contributed by atoms with Gasteiger partial charge in [0.15, 0.2) is 12.6 Å². The lowest BCUT2D eigenvalue weighted by atomic mass is 9.72. The topological polar surface area (TPSA) is 237 Å². The van der Waals surface area contributed by atoms with Crippen molar-refractivity contribution < 1.29 is 74.4 Å². The monoisotopic (exact) mass is 624 g/mol. The molecule has 2 aliphatic carbocycles. The highest BCUT2D eigenvalue weighted by Gasteiger charge is 2.52. The van der Waals surface area contributed by atoms with Crippen molar-refractivity contribution in [3.05, 3.63) is 0 Å². The van der Waals surface area contributed by atoms with Gasteiger partial charge in [-0.05, 0) is 51.4 Å². The van der Waals surface area contributed by atoms with E-state index in [4.69, 9.17) is 28.4 Å². The molecule has 3 saturated heterocycles. The maximum atomic E-state index is 10.8. The molecule has 19 atom stereocenters. The van der Waals surface area contributed by atoms with E-state index in [0.717, 1.165) is 0 Å². The average Bonchev–Trinajstić information content (AvgIpc) is 2.98. The van der Waals surface area contributed by atoms with Gasteiger partial charge in [-0.2, -0.15) is 0 Å². The average molecular weight is 625 g/mol. The molecule has 0 radical (unpaired) electrons. The Morgan fingerprint density at radius 1 is 0.651 bits per heavy atom. The number of ether oxygens (including phenoxy) is 6. The van der Waals surface area contributed by atoms with E-state index in [9.17, 15) is 46.0 Å². The van der Waals surface area contributed by atoms with Gasteiger partial charge in [0.05, 0.1) is 55.4 Å². The molecule has 15 heteroatoms. The maximum absolute atomic E-state index is 10.8. The largest absolute Gasteiger partial charge is 0.393 e. The van der Waals surface area contributed by atoms with E-state index >= 15 is 0 Å². The number of fused-ring (bicyclic) bond motifs is 1. The van der Waals surface area contributed by atoms with Gasteiger partial charge < -0.3 is 74.4 Å². The number of hydrogen-bond acceptors (Lipinski definition) is 15. The molecule has 0 aromatic rings. The van der Waals surface area contributed by atoms with Crippen molar-refractivity contribution in [1.29, 1.82) is 0 Å². The molecule has 0 spiro atoms. The van der Waals surface area contributed by atoms with Crippen LogP contribution in [0, 0.1) is 11.8 Å². The zero-order valence-electron chi connectivity index (χ0n) is 24.4. The van der Waals surface area contributed by atoms with Crippen molar-refractivity contribution in [1.82, 2.24) is 0 Å². The quantitative estimate of drug-likeness (QED) is 0.134. The fourth-order valence-electron chi connectivity index (χ4n) is 7.32. The van der Waals surface area contributed by atoms with Crippen molar-refractivity contribution in [2.24, 2.45) is 11.8 Å². The van der Waals surface area contributed by atoms with E-state index in [2.05, 4.69) is 0 Å². The Labute approximate surface area is 249 Å². The molecule has 19 unspecified atom stereocenters. The molecule has 0 amide bonds. The predicted octanol–water partition coefficient (Wildman–Crippen LogP) is -3.51. The first-order chi connectivity index (χ1) is 20.4. The number of methoxy groups -OCH3 is 1. The summed E-state index contributed by atoms with van der Waals surface area (Å²) in [6.45, 7) is 1.06. The summed E-state index contributed by atoms with van der Waals surface area (Å²) in [5, 5.41) is 93.8. The fourth-order valence-corrected chi connectivity index (χ4v) is 7.32. The number of rotatable bonds is 7. The van der Waals surface area contributed by atoms with Gasteiger partial charge in [-0.3, -0.25) is 0 Å². The SMILES string of the molecule is COC1CC(C2OC3CC(O)CC(O)C3CC2OC2OC(COC3OC(C)C(O)C(O)C3O)C(O)C(O)C2O)CCC1O. The molecule has 0 aromatic carbocycles. The van der Waals surface area contributed by atoms with Gasteiger partial charge in [-0.15, -0.1) is 0 Å². The van der Waals surface area contributed by atoms with E-state index in [1.807, 2.05) is 0 Å². The molecule has 5 fully saturated rings. The van der Waals surface area contributed by atoms with Gasteiger partial charge in [-0.1, -0.05) is 0 Å². The summed E-state index contributed by atoms with van der Waals surface area (Å²) in [6.07, 6.45) is -16.2. The zero-order chi connectivity index (χ0) is 31.2. The summed E-state index contributed by atoms with van der Waals surface area (Å²) in [5.41, 5.74) is 0. The minimum atomic E-state index is -1.69. The Balaban J connectivity index is 1.30. The van der Waals surface area contributed by atoms with Crippen molar-refractivity contribution in [3.63, 3.8) is 0 Å². The van der Waals surface area contributed by atoms with Crippen LogP contribution in [-0.2, 0) is 28.4 Å². The summed E-state index contributed by atoms with van der Waals surface area (Å²) >= 11 is 0. The smallest absolute Gasteiger partial charge is 0.187 e. The van der Waals surface area contributed by atoms with E-state index in [-0.39, 0.29) is 18.3 Å². The molecule has 250 valence electrons. The second-order valence-electron chi connectivity index (χ2n) is 12.8. The van der Waals surface area contributed by atoms with E-state index in [1.165, 1.54) is 14.0 Å². The highest BCUT2D eigenvalue weighted by molar-refractivity contribution is 4.99. The zero-order valence-corrected chi connectivity index (χ0v) is 24.4. The number of aliphatic hydroxyl groups excluding tert-OH is 9. The number of hydrogen-bond donors (Lipinski definition) is 9. The van der Waals surface area contributed by atoms with Crippen LogP contribution in [0.1, 0.15) is 45.4 Å². The van der Waals surface area contributed by atoms with Crippen LogP contribution in [0.5, 0.6) is 0 Å². The minimum Gasteiger partial charge on any atom is -0.393 e. The lowest BCUT2D eigenvalue weighted by molar-refractivity contribution is -0.345. The standard InChI is InChI=1S/C28H48O15/c1-10-20(32)22(34)24(36)27(40-10)39-9-19-21(33)23(35)25(37)28(43-19)42-18-8-13-15(31)6-12(29)7-16(13)41-26(18)11-3-4-14(30)17(5-11)38-2/h10-37H,3-9H2,1-2H3. The minimum absolute atomic E-state index is 0.125. The van der Waals surface area contributed by atoms with Gasteiger partial charge in [0.25, 0.3) is 0 Å². The first kappa shape index (κ1) is 33.8. The number of aliphatic hydroxyl groups is 9. The Morgan fingerprint density at radius 2 is 1.35 bits per heavy atom. The fraction of sp³-hybridized carbons (Fsp3) is 1.00. The van der Waals surface area contributed by atoms with Crippen molar-refractivity contribution >= 4 is 0 Å². The summed E-state index contributed by atoms with van der Waals surface area (Å²) < 4.78 is 35.1. The Kier molecular flexibility index (Phi) is 11.0. The van der Waals surface area contributed by atoms with Gasteiger partial charge in [0.2, 0.25) is 0 Å². The second kappa shape index (κ2) is 14.0. The van der Waals surface area contributed by atoms with Gasteiger partial charge in [-0.25, -0.2) is 0 Å².